The normalized spacial score (nSPS) is 17.6. The van der Waals surface area contributed by atoms with Crippen molar-refractivity contribution in [3.8, 4) is 0 Å². The summed E-state index contributed by atoms with van der Waals surface area (Å²) >= 11 is 0. The second kappa shape index (κ2) is 6.70. The molecule has 1 saturated heterocycles. The van der Waals surface area contributed by atoms with Crippen molar-refractivity contribution in [3.05, 3.63) is 18.2 Å². The third kappa shape index (κ3) is 4.06. The van der Waals surface area contributed by atoms with Crippen LogP contribution in [0.1, 0.15) is 25.6 Å². The second-order valence-electron chi connectivity index (χ2n) is 5.30. The molecule has 0 saturated carbocycles. The average molecular weight is 264 g/mol. The van der Waals surface area contributed by atoms with Crippen molar-refractivity contribution in [3.63, 3.8) is 0 Å². The third-order valence-corrected chi connectivity index (χ3v) is 3.83. The van der Waals surface area contributed by atoms with E-state index in [9.17, 15) is 4.79 Å². The Bertz CT molecular complexity index is 407. The molecule has 0 aliphatic carbocycles. The molecule has 5 nitrogen and oxygen atoms in total. The molecule has 1 aliphatic heterocycles. The van der Waals surface area contributed by atoms with Crippen LogP contribution in [-0.2, 0) is 11.3 Å². The van der Waals surface area contributed by atoms with Crippen molar-refractivity contribution in [1.29, 1.82) is 0 Å². The molecule has 0 spiro atoms. The van der Waals surface area contributed by atoms with E-state index in [1.807, 2.05) is 20.0 Å². The molecule has 0 atom stereocenters. The molecule has 1 fully saturated rings. The number of likely N-dealkylation sites (tertiary alicyclic amines) is 1. The fraction of sp³-hybridized carbons (Fsp3) is 0.714. The van der Waals surface area contributed by atoms with Gasteiger partial charge in [0.25, 0.3) is 0 Å². The van der Waals surface area contributed by atoms with Gasteiger partial charge in [0.1, 0.15) is 5.82 Å². The zero-order valence-electron chi connectivity index (χ0n) is 11.9. The average Bonchev–Trinajstić information content (AvgIpc) is 2.78. The van der Waals surface area contributed by atoms with Gasteiger partial charge >= 0.3 is 0 Å². The Labute approximate surface area is 115 Å². The van der Waals surface area contributed by atoms with Crippen molar-refractivity contribution in [2.75, 3.05) is 26.2 Å². The highest BCUT2D eigenvalue weighted by molar-refractivity contribution is 5.77. The molecule has 19 heavy (non-hydrogen) atoms. The number of hydrogen-bond donors (Lipinski definition) is 1. The molecule has 0 aromatic carbocycles. The molecule has 5 heteroatoms. The smallest absolute Gasteiger partial charge is 0.234 e. The number of nitrogens with one attached hydrogen (secondary N) is 1. The fourth-order valence-corrected chi connectivity index (χ4v) is 2.66. The number of carbonyl (C=O) groups excluding carboxylic acids is 1. The number of carbonyl (C=O) groups is 1. The SMILES string of the molecule is CCNC(=O)CN1CCC(Cn2ccnc2C)CC1. The van der Waals surface area contributed by atoms with Crippen LogP contribution in [0.4, 0.5) is 0 Å². The summed E-state index contributed by atoms with van der Waals surface area (Å²) in [6.45, 7) is 8.37. The van der Waals surface area contributed by atoms with Crippen molar-refractivity contribution in [2.24, 2.45) is 5.92 Å². The number of piperidine rings is 1. The topological polar surface area (TPSA) is 50.2 Å². The largest absolute Gasteiger partial charge is 0.355 e. The lowest BCUT2D eigenvalue weighted by molar-refractivity contribution is -0.122. The van der Waals surface area contributed by atoms with E-state index in [0.29, 0.717) is 12.5 Å². The molecule has 0 unspecified atom stereocenters. The zero-order chi connectivity index (χ0) is 13.7. The Kier molecular flexibility index (Phi) is 4.96. The minimum Gasteiger partial charge on any atom is -0.355 e. The molecular weight excluding hydrogens is 240 g/mol. The lowest BCUT2D eigenvalue weighted by Gasteiger charge is -2.31. The zero-order valence-corrected chi connectivity index (χ0v) is 11.9. The number of likely N-dealkylation sites (N-methyl/N-ethyl adjacent to an activating group) is 1. The molecule has 1 N–H and O–H groups in total. The van der Waals surface area contributed by atoms with Crippen LogP contribution < -0.4 is 5.32 Å². The van der Waals surface area contributed by atoms with Crippen LogP contribution in [0.3, 0.4) is 0 Å². The lowest BCUT2D eigenvalue weighted by Crippen LogP contribution is -2.42. The van der Waals surface area contributed by atoms with Crippen LogP contribution in [0.5, 0.6) is 0 Å². The van der Waals surface area contributed by atoms with Gasteiger partial charge in [-0.2, -0.15) is 0 Å². The van der Waals surface area contributed by atoms with Crippen molar-refractivity contribution >= 4 is 5.91 Å². The van der Waals surface area contributed by atoms with Gasteiger partial charge in [0.2, 0.25) is 5.91 Å². The van der Waals surface area contributed by atoms with Gasteiger partial charge in [-0.05, 0) is 45.7 Å². The monoisotopic (exact) mass is 264 g/mol. The van der Waals surface area contributed by atoms with E-state index in [-0.39, 0.29) is 5.91 Å². The van der Waals surface area contributed by atoms with Crippen LogP contribution >= 0.6 is 0 Å². The summed E-state index contributed by atoms with van der Waals surface area (Å²) in [6.07, 6.45) is 6.24. The van der Waals surface area contributed by atoms with Crippen molar-refractivity contribution in [2.45, 2.75) is 33.2 Å². The standard InChI is InChI=1S/C14H24N4O/c1-3-15-14(19)11-17-7-4-13(5-8-17)10-18-9-6-16-12(18)2/h6,9,13H,3-5,7-8,10-11H2,1-2H3,(H,15,19). The van der Waals surface area contributed by atoms with Crippen LogP contribution in [0.15, 0.2) is 12.4 Å². The molecular formula is C14H24N4O. The molecule has 2 rings (SSSR count). The van der Waals surface area contributed by atoms with Gasteiger partial charge in [0.05, 0.1) is 6.54 Å². The fourth-order valence-electron chi connectivity index (χ4n) is 2.66. The number of aryl methyl sites for hydroxylation is 1. The highest BCUT2D eigenvalue weighted by Gasteiger charge is 2.21. The summed E-state index contributed by atoms with van der Waals surface area (Å²) in [6, 6.07) is 0. The minimum atomic E-state index is 0.145. The second-order valence-corrected chi connectivity index (χ2v) is 5.30. The lowest BCUT2D eigenvalue weighted by atomic mass is 9.96. The predicted molar refractivity (Wildman–Crippen MR) is 74.8 cm³/mol. The van der Waals surface area contributed by atoms with E-state index in [4.69, 9.17) is 0 Å². The molecule has 106 valence electrons. The van der Waals surface area contributed by atoms with Gasteiger partial charge in [0.15, 0.2) is 0 Å². The van der Waals surface area contributed by atoms with Crippen molar-refractivity contribution in [1.82, 2.24) is 19.8 Å². The number of rotatable bonds is 5. The quantitative estimate of drug-likeness (QED) is 0.864. The summed E-state index contributed by atoms with van der Waals surface area (Å²) in [4.78, 5) is 18.0. The van der Waals surface area contributed by atoms with Crippen LogP contribution in [-0.4, -0.2) is 46.5 Å². The van der Waals surface area contributed by atoms with E-state index in [1.165, 1.54) is 0 Å². The highest BCUT2D eigenvalue weighted by atomic mass is 16.2. The van der Waals surface area contributed by atoms with Crippen LogP contribution in [0, 0.1) is 12.8 Å². The molecule has 0 bridgehead atoms. The number of amides is 1. The number of aromatic nitrogens is 2. The first-order chi connectivity index (χ1) is 9.19. The van der Waals surface area contributed by atoms with Gasteiger partial charge in [-0.3, -0.25) is 9.69 Å². The highest BCUT2D eigenvalue weighted by Crippen LogP contribution is 2.19. The Balaban J connectivity index is 1.73. The third-order valence-electron chi connectivity index (χ3n) is 3.83. The first kappa shape index (κ1) is 14.1. The Hall–Kier alpha value is -1.36. The molecule has 0 radical (unpaired) electrons. The maximum Gasteiger partial charge on any atom is 0.234 e. The summed E-state index contributed by atoms with van der Waals surface area (Å²) in [5, 5.41) is 2.85. The van der Waals surface area contributed by atoms with Crippen molar-refractivity contribution < 1.29 is 4.79 Å². The summed E-state index contributed by atoms with van der Waals surface area (Å²) in [5.41, 5.74) is 0. The molecule has 1 aliphatic rings. The van der Waals surface area contributed by atoms with Gasteiger partial charge in [-0.25, -0.2) is 4.98 Å². The van der Waals surface area contributed by atoms with E-state index >= 15 is 0 Å². The van der Waals surface area contributed by atoms with Gasteiger partial charge in [-0.15, -0.1) is 0 Å². The number of hydrogen-bond acceptors (Lipinski definition) is 3. The van der Waals surface area contributed by atoms with Crippen LogP contribution in [0.2, 0.25) is 0 Å². The van der Waals surface area contributed by atoms with E-state index in [1.54, 1.807) is 0 Å². The first-order valence-electron chi connectivity index (χ1n) is 7.15. The Morgan fingerprint density at radius 1 is 1.47 bits per heavy atom. The van der Waals surface area contributed by atoms with Gasteiger partial charge in [0, 0.05) is 25.5 Å². The van der Waals surface area contributed by atoms with Gasteiger partial charge in [-0.1, -0.05) is 0 Å². The number of imidazole rings is 1. The Morgan fingerprint density at radius 3 is 2.79 bits per heavy atom. The van der Waals surface area contributed by atoms with Gasteiger partial charge < -0.3 is 9.88 Å². The predicted octanol–water partition coefficient (Wildman–Crippen LogP) is 1.04. The molecule has 1 aromatic rings. The summed E-state index contributed by atoms with van der Waals surface area (Å²) in [7, 11) is 0. The first-order valence-corrected chi connectivity index (χ1v) is 7.15. The molecule has 1 amide bonds. The van der Waals surface area contributed by atoms with E-state index < -0.39 is 0 Å². The van der Waals surface area contributed by atoms with E-state index in [0.717, 1.165) is 44.8 Å². The Morgan fingerprint density at radius 2 is 2.21 bits per heavy atom. The number of nitrogens with zero attached hydrogens (tertiary/aromatic N) is 3. The van der Waals surface area contributed by atoms with Crippen LogP contribution in [0.25, 0.3) is 0 Å². The maximum atomic E-state index is 11.5. The summed E-state index contributed by atoms with van der Waals surface area (Å²) in [5.74, 6) is 1.94. The minimum absolute atomic E-state index is 0.145. The maximum absolute atomic E-state index is 11.5. The van der Waals surface area contributed by atoms with E-state index in [2.05, 4.69) is 26.0 Å². The molecule has 1 aromatic heterocycles. The molecule has 2 heterocycles. The summed E-state index contributed by atoms with van der Waals surface area (Å²) < 4.78 is 2.23.